The summed E-state index contributed by atoms with van der Waals surface area (Å²) in [6, 6.07) is 8.79. The molecule has 1 aromatic carbocycles. The molecule has 102 valence electrons. The van der Waals surface area contributed by atoms with Gasteiger partial charge in [-0.15, -0.1) is 0 Å². The van der Waals surface area contributed by atoms with E-state index < -0.39 is 0 Å². The topological polar surface area (TPSA) is 47.3 Å². The lowest BCUT2D eigenvalue weighted by atomic mass is 10.1. The molecule has 19 heavy (non-hydrogen) atoms. The van der Waals surface area contributed by atoms with Gasteiger partial charge in [-0.2, -0.15) is 4.98 Å². The normalized spacial score (nSPS) is 10.5. The summed E-state index contributed by atoms with van der Waals surface area (Å²) in [7, 11) is 1.81. The van der Waals surface area contributed by atoms with E-state index in [0.29, 0.717) is 12.6 Å². The van der Waals surface area contributed by atoms with Crippen LogP contribution in [0.1, 0.15) is 23.9 Å². The van der Waals surface area contributed by atoms with Gasteiger partial charge in [0.05, 0.1) is 12.3 Å². The predicted molar refractivity (Wildman–Crippen MR) is 75.8 cm³/mol. The molecule has 2 rings (SSSR count). The molecular formula is C15H20N2O2. The Morgan fingerprint density at radius 3 is 2.53 bits per heavy atom. The molecule has 2 aromatic rings. The third-order valence-corrected chi connectivity index (χ3v) is 2.99. The standard InChI is InChI=1S/C15H20N2O2/c1-4-18-13-8-5-12(6-9-13)7-10-14-11(2)19-15(16-3)17-14/h5-6,8-9H,4,7,10H2,1-3H3,(H,16,17). The minimum absolute atomic E-state index is 0.583. The summed E-state index contributed by atoms with van der Waals surface area (Å²) in [5.41, 5.74) is 2.29. The van der Waals surface area contributed by atoms with E-state index in [9.17, 15) is 0 Å². The number of hydrogen-bond acceptors (Lipinski definition) is 4. The van der Waals surface area contributed by atoms with Crippen LogP contribution in [0, 0.1) is 6.92 Å². The number of aromatic nitrogens is 1. The van der Waals surface area contributed by atoms with E-state index >= 15 is 0 Å². The third kappa shape index (κ3) is 3.50. The Bertz CT molecular complexity index is 517. The Kier molecular flexibility index (Phi) is 4.44. The minimum Gasteiger partial charge on any atom is -0.494 e. The summed E-state index contributed by atoms with van der Waals surface area (Å²) in [6.07, 6.45) is 1.83. The molecule has 0 spiro atoms. The number of hydrogen-bond donors (Lipinski definition) is 1. The lowest BCUT2D eigenvalue weighted by Gasteiger charge is -2.04. The first-order valence-corrected chi connectivity index (χ1v) is 6.58. The number of anilines is 1. The van der Waals surface area contributed by atoms with Crippen molar-refractivity contribution in [3.63, 3.8) is 0 Å². The van der Waals surface area contributed by atoms with Crippen molar-refractivity contribution in [3.8, 4) is 5.75 Å². The first-order valence-electron chi connectivity index (χ1n) is 6.58. The van der Waals surface area contributed by atoms with Crippen LogP contribution in [-0.2, 0) is 12.8 Å². The van der Waals surface area contributed by atoms with Crippen molar-refractivity contribution in [3.05, 3.63) is 41.3 Å². The second-order valence-corrected chi connectivity index (χ2v) is 4.35. The van der Waals surface area contributed by atoms with Gasteiger partial charge in [-0.05, 0) is 44.4 Å². The van der Waals surface area contributed by atoms with Gasteiger partial charge in [0.1, 0.15) is 11.5 Å². The van der Waals surface area contributed by atoms with Gasteiger partial charge in [0.25, 0.3) is 6.01 Å². The summed E-state index contributed by atoms with van der Waals surface area (Å²) in [4.78, 5) is 4.39. The fraction of sp³-hybridized carbons (Fsp3) is 0.400. The first kappa shape index (κ1) is 13.5. The Morgan fingerprint density at radius 1 is 1.21 bits per heavy atom. The number of nitrogens with one attached hydrogen (secondary N) is 1. The lowest BCUT2D eigenvalue weighted by molar-refractivity contribution is 0.340. The molecule has 0 fully saturated rings. The van der Waals surface area contributed by atoms with Gasteiger partial charge in [-0.3, -0.25) is 0 Å². The molecule has 4 heteroatoms. The van der Waals surface area contributed by atoms with Gasteiger partial charge in [-0.1, -0.05) is 12.1 Å². The molecule has 0 saturated heterocycles. The van der Waals surface area contributed by atoms with E-state index in [1.165, 1.54) is 5.56 Å². The van der Waals surface area contributed by atoms with Crippen LogP contribution < -0.4 is 10.1 Å². The van der Waals surface area contributed by atoms with Crippen LogP contribution >= 0.6 is 0 Å². The fourth-order valence-electron chi connectivity index (χ4n) is 1.95. The van der Waals surface area contributed by atoms with Crippen molar-refractivity contribution in [2.24, 2.45) is 0 Å². The number of oxazole rings is 1. The average molecular weight is 260 g/mol. The summed E-state index contributed by atoms with van der Waals surface area (Å²) < 4.78 is 10.9. The minimum atomic E-state index is 0.583. The highest BCUT2D eigenvalue weighted by atomic mass is 16.5. The van der Waals surface area contributed by atoms with Crippen LogP contribution in [0.15, 0.2) is 28.7 Å². The Morgan fingerprint density at radius 2 is 1.95 bits per heavy atom. The van der Waals surface area contributed by atoms with Crippen molar-refractivity contribution in [1.29, 1.82) is 0 Å². The van der Waals surface area contributed by atoms with Crippen molar-refractivity contribution in [2.45, 2.75) is 26.7 Å². The van der Waals surface area contributed by atoms with E-state index in [4.69, 9.17) is 9.15 Å². The second kappa shape index (κ2) is 6.27. The van der Waals surface area contributed by atoms with Gasteiger partial charge in [-0.25, -0.2) is 0 Å². The number of aryl methyl sites for hydroxylation is 3. The molecule has 0 amide bonds. The summed E-state index contributed by atoms with van der Waals surface area (Å²) >= 11 is 0. The molecule has 0 unspecified atom stereocenters. The van der Waals surface area contributed by atoms with Crippen LogP contribution in [0.25, 0.3) is 0 Å². The fourth-order valence-corrected chi connectivity index (χ4v) is 1.95. The van der Waals surface area contributed by atoms with Gasteiger partial charge in [0, 0.05) is 7.05 Å². The smallest absolute Gasteiger partial charge is 0.294 e. The van der Waals surface area contributed by atoms with Crippen LogP contribution in [0.3, 0.4) is 0 Å². The quantitative estimate of drug-likeness (QED) is 0.866. The van der Waals surface area contributed by atoms with Crippen molar-refractivity contribution >= 4 is 6.01 Å². The summed E-state index contributed by atoms with van der Waals surface area (Å²) in [5, 5.41) is 2.91. The molecule has 4 nitrogen and oxygen atoms in total. The monoisotopic (exact) mass is 260 g/mol. The predicted octanol–water partition coefficient (Wildman–Crippen LogP) is 3.21. The van der Waals surface area contributed by atoms with E-state index in [-0.39, 0.29) is 0 Å². The lowest BCUT2D eigenvalue weighted by Crippen LogP contribution is -1.95. The first-order chi connectivity index (χ1) is 9.22. The zero-order valence-electron chi connectivity index (χ0n) is 11.7. The Balaban J connectivity index is 1.95. The van der Waals surface area contributed by atoms with Crippen LogP contribution in [0.4, 0.5) is 6.01 Å². The largest absolute Gasteiger partial charge is 0.494 e. The van der Waals surface area contributed by atoms with Crippen LogP contribution in [0.2, 0.25) is 0 Å². The molecule has 0 aliphatic heterocycles. The molecule has 0 atom stereocenters. The van der Waals surface area contributed by atoms with E-state index in [0.717, 1.165) is 30.0 Å². The van der Waals surface area contributed by atoms with Gasteiger partial charge in [0.15, 0.2) is 0 Å². The van der Waals surface area contributed by atoms with Gasteiger partial charge in [0.2, 0.25) is 0 Å². The number of nitrogens with zero attached hydrogens (tertiary/aromatic N) is 1. The summed E-state index contributed by atoms with van der Waals surface area (Å²) in [5.74, 6) is 1.80. The number of benzene rings is 1. The van der Waals surface area contributed by atoms with Crippen molar-refractivity contribution in [2.75, 3.05) is 19.0 Å². The zero-order chi connectivity index (χ0) is 13.7. The highest BCUT2D eigenvalue weighted by Crippen LogP contribution is 2.17. The third-order valence-electron chi connectivity index (χ3n) is 2.99. The molecule has 0 aliphatic carbocycles. The highest BCUT2D eigenvalue weighted by molar-refractivity contribution is 5.29. The van der Waals surface area contributed by atoms with Crippen molar-refractivity contribution in [1.82, 2.24) is 4.98 Å². The maximum absolute atomic E-state index is 5.46. The molecule has 0 radical (unpaired) electrons. The molecule has 1 N–H and O–H groups in total. The Hall–Kier alpha value is -1.97. The SMILES string of the molecule is CCOc1ccc(CCc2nc(NC)oc2C)cc1. The average Bonchev–Trinajstić information content (AvgIpc) is 2.79. The summed E-state index contributed by atoms with van der Waals surface area (Å²) in [6.45, 7) is 4.63. The van der Waals surface area contributed by atoms with Crippen LogP contribution in [-0.4, -0.2) is 18.6 Å². The number of ether oxygens (including phenoxy) is 1. The van der Waals surface area contributed by atoms with E-state index in [2.05, 4.69) is 22.4 Å². The van der Waals surface area contributed by atoms with Crippen molar-refractivity contribution < 1.29 is 9.15 Å². The van der Waals surface area contributed by atoms with Crippen LogP contribution in [0.5, 0.6) is 5.75 Å². The molecule has 1 aromatic heterocycles. The van der Waals surface area contributed by atoms with Gasteiger partial charge < -0.3 is 14.5 Å². The zero-order valence-corrected chi connectivity index (χ0v) is 11.7. The maximum atomic E-state index is 5.46. The molecular weight excluding hydrogens is 240 g/mol. The van der Waals surface area contributed by atoms with E-state index in [1.54, 1.807) is 0 Å². The van der Waals surface area contributed by atoms with Gasteiger partial charge >= 0.3 is 0 Å². The number of rotatable bonds is 6. The molecule has 1 heterocycles. The molecule has 0 aliphatic rings. The maximum Gasteiger partial charge on any atom is 0.294 e. The second-order valence-electron chi connectivity index (χ2n) is 4.35. The Labute approximate surface area is 113 Å². The van der Waals surface area contributed by atoms with E-state index in [1.807, 2.05) is 33.0 Å². The molecule has 0 bridgehead atoms. The molecule has 0 saturated carbocycles. The highest BCUT2D eigenvalue weighted by Gasteiger charge is 2.08.